The average molecular weight is 361 g/mol. The Balaban J connectivity index is 2.26. The molecule has 3 N–H and O–H groups in total. The fraction of sp³-hybridized carbons (Fsp3) is 0.300. The van der Waals surface area contributed by atoms with Crippen molar-refractivity contribution in [1.82, 2.24) is 4.98 Å². The Morgan fingerprint density at radius 2 is 1.75 bits per heavy atom. The van der Waals surface area contributed by atoms with Gasteiger partial charge in [0.2, 0.25) is 0 Å². The lowest BCUT2D eigenvalue weighted by Gasteiger charge is -2.09. The van der Waals surface area contributed by atoms with Crippen LogP contribution in [0.5, 0.6) is 0 Å². The van der Waals surface area contributed by atoms with Crippen molar-refractivity contribution in [3.8, 4) is 11.3 Å². The topological polar surface area (TPSA) is 41.8 Å². The average Bonchev–Trinajstić information content (AvgIpc) is 2.86. The zero-order valence-electron chi connectivity index (χ0n) is 14.0. The highest BCUT2D eigenvalue weighted by Crippen LogP contribution is 2.40. The van der Waals surface area contributed by atoms with Gasteiger partial charge in [0.15, 0.2) is 0 Å². The van der Waals surface area contributed by atoms with Crippen LogP contribution >= 0.6 is 23.2 Å². The van der Waals surface area contributed by atoms with E-state index in [0.717, 1.165) is 36.0 Å². The van der Waals surface area contributed by atoms with E-state index in [-0.39, 0.29) is 0 Å². The standard InChI is InChI=1S/C20H22Cl2N2/c1-12-10-13(2)19-15(11-12)14(6-3-4-9-23)20(24-19)18-16(21)7-5-8-17(18)22/h5,7-8,10-11,24H,3-4,6,9,23H2,1-2H3. The summed E-state index contributed by atoms with van der Waals surface area (Å²) in [7, 11) is 0. The minimum atomic E-state index is 0.670. The van der Waals surface area contributed by atoms with Crippen LogP contribution < -0.4 is 5.73 Å². The Morgan fingerprint density at radius 1 is 1.04 bits per heavy atom. The van der Waals surface area contributed by atoms with E-state index in [2.05, 4.69) is 31.0 Å². The van der Waals surface area contributed by atoms with Crippen LogP contribution in [0.3, 0.4) is 0 Å². The molecule has 1 heterocycles. The van der Waals surface area contributed by atoms with Gasteiger partial charge in [0.1, 0.15) is 0 Å². The first-order valence-corrected chi connectivity index (χ1v) is 9.04. The third-order valence-corrected chi connectivity index (χ3v) is 5.08. The number of aryl methyl sites for hydroxylation is 3. The summed E-state index contributed by atoms with van der Waals surface area (Å²) in [6.45, 7) is 4.97. The first-order chi connectivity index (χ1) is 11.5. The van der Waals surface area contributed by atoms with E-state index in [1.807, 2.05) is 18.2 Å². The minimum absolute atomic E-state index is 0.670. The van der Waals surface area contributed by atoms with Gasteiger partial charge in [-0.2, -0.15) is 0 Å². The smallest absolute Gasteiger partial charge is 0.0527 e. The molecule has 0 radical (unpaired) electrons. The van der Waals surface area contributed by atoms with Crippen LogP contribution in [-0.2, 0) is 6.42 Å². The maximum Gasteiger partial charge on any atom is 0.0527 e. The predicted octanol–water partition coefficient (Wildman–Crippen LogP) is 6.04. The van der Waals surface area contributed by atoms with Crippen molar-refractivity contribution in [2.24, 2.45) is 5.73 Å². The molecule has 4 heteroatoms. The van der Waals surface area contributed by atoms with Crippen LogP contribution in [0.2, 0.25) is 10.0 Å². The maximum absolute atomic E-state index is 6.47. The number of halogens is 2. The molecule has 0 saturated heterocycles. The Labute approximate surface area is 153 Å². The molecule has 0 amide bonds. The highest BCUT2D eigenvalue weighted by atomic mass is 35.5. The highest BCUT2D eigenvalue weighted by molar-refractivity contribution is 6.39. The summed E-state index contributed by atoms with van der Waals surface area (Å²) in [5.41, 5.74) is 12.5. The van der Waals surface area contributed by atoms with Crippen molar-refractivity contribution in [2.45, 2.75) is 33.1 Å². The molecule has 126 valence electrons. The molecule has 3 aromatic rings. The van der Waals surface area contributed by atoms with Crippen molar-refractivity contribution in [1.29, 1.82) is 0 Å². The molecule has 0 aliphatic rings. The number of hydrogen-bond acceptors (Lipinski definition) is 1. The fourth-order valence-electron chi connectivity index (χ4n) is 3.36. The molecule has 0 bridgehead atoms. The summed E-state index contributed by atoms with van der Waals surface area (Å²) >= 11 is 12.9. The van der Waals surface area contributed by atoms with Gasteiger partial charge < -0.3 is 10.7 Å². The maximum atomic E-state index is 6.47. The van der Waals surface area contributed by atoms with E-state index in [0.29, 0.717) is 16.6 Å². The summed E-state index contributed by atoms with van der Waals surface area (Å²) in [6, 6.07) is 10.1. The van der Waals surface area contributed by atoms with Gasteiger partial charge in [-0.25, -0.2) is 0 Å². The van der Waals surface area contributed by atoms with Gasteiger partial charge in [-0.15, -0.1) is 0 Å². The number of nitrogens with one attached hydrogen (secondary N) is 1. The number of rotatable bonds is 5. The number of benzene rings is 2. The molecule has 0 unspecified atom stereocenters. The Kier molecular flexibility index (Phi) is 5.19. The molecule has 2 nitrogen and oxygen atoms in total. The second-order valence-corrected chi connectivity index (χ2v) is 7.14. The molecule has 0 aliphatic heterocycles. The van der Waals surface area contributed by atoms with Crippen molar-refractivity contribution >= 4 is 34.1 Å². The van der Waals surface area contributed by atoms with Gasteiger partial charge in [0, 0.05) is 16.5 Å². The summed E-state index contributed by atoms with van der Waals surface area (Å²) in [5.74, 6) is 0. The molecule has 0 spiro atoms. The minimum Gasteiger partial charge on any atom is -0.354 e. The number of H-pyrrole nitrogens is 1. The molecule has 2 aromatic carbocycles. The molecule has 0 saturated carbocycles. The van der Waals surface area contributed by atoms with E-state index in [1.165, 1.54) is 22.1 Å². The third kappa shape index (κ3) is 3.19. The van der Waals surface area contributed by atoms with Crippen LogP contribution in [0.1, 0.15) is 29.5 Å². The summed E-state index contributed by atoms with van der Waals surface area (Å²) in [5, 5.41) is 2.60. The summed E-state index contributed by atoms with van der Waals surface area (Å²) in [6.07, 6.45) is 3.01. The predicted molar refractivity (Wildman–Crippen MR) is 105 cm³/mol. The van der Waals surface area contributed by atoms with Crippen LogP contribution in [-0.4, -0.2) is 11.5 Å². The quantitative estimate of drug-likeness (QED) is 0.535. The highest BCUT2D eigenvalue weighted by Gasteiger charge is 2.18. The zero-order chi connectivity index (χ0) is 17.3. The van der Waals surface area contributed by atoms with Gasteiger partial charge >= 0.3 is 0 Å². The molecule has 24 heavy (non-hydrogen) atoms. The largest absolute Gasteiger partial charge is 0.354 e. The fourth-order valence-corrected chi connectivity index (χ4v) is 3.95. The Bertz CT molecular complexity index is 861. The lowest BCUT2D eigenvalue weighted by molar-refractivity contribution is 0.748. The van der Waals surface area contributed by atoms with Gasteiger partial charge in [0.25, 0.3) is 0 Å². The zero-order valence-corrected chi connectivity index (χ0v) is 15.6. The lowest BCUT2D eigenvalue weighted by Crippen LogP contribution is -1.99. The number of hydrogen-bond donors (Lipinski definition) is 2. The van der Waals surface area contributed by atoms with Crippen molar-refractivity contribution in [2.75, 3.05) is 6.54 Å². The molecule has 0 atom stereocenters. The molecule has 3 rings (SSSR count). The first-order valence-electron chi connectivity index (χ1n) is 8.29. The summed E-state index contributed by atoms with van der Waals surface area (Å²) in [4.78, 5) is 3.58. The van der Waals surface area contributed by atoms with Crippen molar-refractivity contribution < 1.29 is 0 Å². The number of fused-ring (bicyclic) bond motifs is 1. The van der Waals surface area contributed by atoms with Crippen LogP contribution in [0.4, 0.5) is 0 Å². The van der Waals surface area contributed by atoms with Gasteiger partial charge in [-0.05, 0) is 69.0 Å². The number of nitrogens with two attached hydrogens (primary N) is 1. The third-order valence-electron chi connectivity index (χ3n) is 4.45. The van der Waals surface area contributed by atoms with E-state index in [1.54, 1.807) is 0 Å². The van der Waals surface area contributed by atoms with Crippen molar-refractivity contribution in [3.05, 3.63) is 57.1 Å². The molecular weight excluding hydrogens is 339 g/mol. The van der Waals surface area contributed by atoms with Crippen LogP contribution in [0, 0.1) is 13.8 Å². The van der Waals surface area contributed by atoms with Crippen molar-refractivity contribution in [3.63, 3.8) is 0 Å². The summed E-state index contributed by atoms with van der Waals surface area (Å²) < 4.78 is 0. The van der Waals surface area contributed by atoms with Gasteiger partial charge in [-0.1, -0.05) is 40.9 Å². The number of aromatic amines is 1. The number of aromatic nitrogens is 1. The van der Waals surface area contributed by atoms with Crippen LogP contribution in [0.15, 0.2) is 30.3 Å². The molecule has 0 aliphatic carbocycles. The first kappa shape index (κ1) is 17.3. The normalized spacial score (nSPS) is 11.4. The number of unbranched alkanes of at least 4 members (excludes halogenated alkanes) is 1. The van der Waals surface area contributed by atoms with E-state index < -0.39 is 0 Å². The van der Waals surface area contributed by atoms with Gasteiger partial charge in [-0.3, -0.25) is 0 Å². The van der Waals surface area contributed by atoms with E-state index in [9.17, 15) is 0 Å². The van der Waals surface area contributed by atoms with E-state index in [4.69, 9.17) is 28.9 Å². The SMILES string of the molecule is Cc1cc(C)c2[nH]c(-c3c(Cl)cccc3Cl)c(CCCCN)c2c1. The Morgan fingerprint density at radius 3 is 2.42 bits per heavy atom. The lowest BCUT2D eigenvalue weighted by atomic mass is 9.98. The monoisotopic (exact) mass is 360 g/mol. The molecule has 0 fully saturated rings. The Hall–Kier alpha value is -1.48. The van der Waals surface area contributed by atoms with Gasteiger partial charge in [0.05, 0.1) is 15.7 Å². The second-order valence-electron chi connectivity index (χ2n) is 6.33. The molecule has 1 aromatic heterocycles. The van der Waals surface area contributed by atoms with E-state index >= 15 is 0 Å². The second kappa shape index (κ2) is 7.18. The van der Waals surface area contributed by atoms with Crippen LogP contribution in [0.25, 0.3) is 22.2 Å². The molecular formula is C20H22Cl2N2.